The standard InChI is InChI=1S/C18H22O2/c1-20-18(16-12-6-3-7-13-16)17(19)14-8-11-15-9-4-2-5-10-15/h2-7,9-10,12-13,17-19H,8,11,14H2,1H3. The van der Waals surface area contributed by atoms with Crippen LogP contribution in [0.4, 0.5) is 0 Å². The largest absolute Gasteiger partial charge is 0.390 e. The van der Waals surface area contributed by atoms with Gasteiger partial charge in [-0.3, -0.25) is 0 Å². The van der Waals surface area contributed by atoms with E-state index in [1.165, 1.54) is 5.56 Å². The van der Waals surface area contributed by atoms with E-state index in [1.54, 1.807) is 7.11 Å². The van der Waals surface area contributed by atoms with Crippen LogP contribution in [0.25, 0.3) is 0 Å². The van der Waals surface area contributed by atoms with Gasteiger partial charge in [0, 0.05) is 7.11 Å². The summed E-state index contributed by atoms with van der Waals surface area (Å²) in [7, 11) is 1.65. The fraction of sp³-hybridized carbons (Fsp3) is 0.333. The Hall–Kier alpha value is -1.64. The molecule has 2 unspecified atom stereocenters. The molecule has 0 heterocycles. The van der Waals surface area contributed by atoms with Gasteiger partial charge in [0.25, 0.3) is 0 Å². The molecule has 2 heteroatoms. The van der Waals surface area contributed by atoms with E-state index >= 15 is 0 Å². The average Bonchev–Trinajstić information content (AvgIpc) is 2.50. The molecule has 20 heavy (non-hydrogen) atoms. The molecule has 0 spiro atoms. The van der Waals surface area contributed by atoms with E-state index in [9.17, 15) is 5.11 Å². The summed E-state index contributed by atoms with van der Waals surface area (Å²) in [6.45, 7) is 0. The Bertz CT molecular complexity index is 481. The topological polar surface area (TPSA) is 29.5 Å². The summed E-state index contributed by atoms with van der Waals surface area (Å²) in [5.74, 6) is 0. The van der Waals surface area contributed by atoms with E-state index in [4.69, 9.17) is 4.74 Å². The molecular weight excluding hydrogens is 248 g/mol. The minimum Gasteiger partial charge on any atom is -0.390 e. The van der Waals surface area contributed by atoms with Gasteiger partial charge in [0.2, 0.25) is 0 Å². The summed E-state index contributed by atoms with van der Waals surface area (Å²) >= 11 is 0. The van der Waals surface area contributed by atoms with Crippen LogP contribution in [0, 0.1) is 0 Å². The first-order valence-corrected chi connectivity index (χ1v) is 7.11. The third kappa shape index (κ3) is 4.19. The van der Waals surface area contributed by atoms with Gasteiger partial charge in [-0.2, -0.15) is 0 Å². The Morgan fingerprint density at radius 3 is 2.15 bits per heavy atom. The van der Waals surface area contributed by atoms with E-state index in [-0.39, 0.29) is 6.10 Å². The number of benzene rings is 2. The van der Waals surface area contributed by atoms with Crippen LogP contribution in [0.2, 0.25) is 0 Å². The maximum atomic E-state index is 10.3. The molecule has 0 radical (unpaired) electrons. The second-order valence-corrected chi connectivity index (χ2v) is 5.01. The number of rotatable bonds is 7. The highest BCUT2D eigenvalue weighted by atomic mass is 16.5. The molecule has 2 atom stereocenters. The summed E-state index contributed by atoms with van der Waals surface area (Å²) in [5.41, 5.74) is 2.34. The molecule has 0 aliphatic heterocycles. The van der Waals surface area contributed by atoms with Gasteiger partial charge >= 0.3 is 0 Å². The molecule has 0 aromatic heterocycles. The summed E-state index contributed by atoms with van der Waals surface area (Å²) in [5, 5.41) is 10.3. The molecule has 2 rings (SSSR count). The van der Waals surface area contributed by atoms with Gasteiger partial charge in [0.15, 0.2) is 0 Å². The predicted molar refractivity (Wildman–Crippen MR) is 81.6 cm³/mol. The first-order chi connectivity index (χ1) is 9.81. The Labute approximate surface area is 121 Å². The molecule has 1 N–H and O–H groups in total. The van der Waals surface area contributed by atoms with Gasteiger partial charge in [-0.05, 0) is 30.4 Å². The van der Waals surface area contributed by atoms with Gasteiger partial charge in [-0.15, -0.1) is 0 Å². The predicted octanol–water partition coefficient (Wildman–Crippen LogP) is 3.76. The van der Waals surface area contributed by atoms with Crippen molar-refractivity contribution in [3.05, 3.63) is 71.8 Å². The lowest BCUT2D eigenvalue weighted by Gasteiger charge is -2.22. The minimum atomic E-state index is -0.467. The molecule has 0 aliphatic rings. The fourth-order valence-electron chi connectivity index (χ4n) is 2.47. The second kappa shape index (κ2) is 7.83. The second-order valence-electron chi connectivity index (χ2n) is 5.01. The first-order valence-electron chi connectivity index (χ1n) is 7.11. The average molecular weight is 270 g/mol. The Morgan fingerprint density at radius 2 is 1.55 bits per heavy atom. The molecule has 2 nitrogen and oxygen atoms in total. The number of aliphatic hydroxyl groups excluding tert-OH is 1. The molecule has 0 saturated carbocycles. The molecule has 0 aliphatic carbocycles. The maximum absolute atomic E-state index is 10.3. The van der Waals surface area contributed by atoms with E-state index in [0.29, 0.717) is 0 Å². The molecule has 0 amide bonds. The normalized spacial score (nSPS) is 13.9. The van der Waals surface area contributed by atoms with Crippen molar-refractivity contribution < 1.29 is 9.84 Å². The molecule has 0 fully saturated rings. The van der Waals surface area contributed by atoms with Gasteiger partial charge in [0.1, 0.15) is 6.10 Å². The van der Waals surface area contributed by atoms with Crippen LogP contribution in [0.1, 0.15) is 30.1 Å². The summed E-state index contributed by atoms with van der Waals surface area (Å²) in [4.78, 5) is 0. The Morgan fingerprint density at radius 1 is 0.950 bits per heavy atom. The number of aryl methyl sites for hydroxylation is 1. The highest BCUT2D eigenvalue weighted by Gasteiger charge is 2.19. The molecule has 0 saturated heterocycles. The van der Waals surface area contributed by atoms with Crippen molar-refractivity contribution in [3.8, 4) is 0 Å². The Balaban J connectivity index is 1.85. The number of hydrogen-bond acceptors (Lipinski definition) is 2. The van der Waals surface area contributed by atoms with Crippen molar-refractivity contribution in [2.45, 2.75) is 31.5 Å². The zero-order valence-corrected chi connectivity index (χ0v) is 11.9. The summed E-state index contributed by atoms with van der Waals surface area (Å²) < 4.78 is 5.45. The molecule has 2 aromatic carbocycles. The van der Waals surface area contributed by atoms with Crippen molar-refractivity contribution in [3.63, 3.8) is 0 Å². The monoisotopic (exact) mass is 270 g/mol. The number of methoxy groups -OCH3 is 1. The van der Waals surface area contributed by atoms with Gasteiger partial charge in [-0.25, -0.2) is 0 Å². The van der Waals surface area contributed by atoms with Crippen molar-refractivity contribution in [2.24, 2.45) is 0 Å². The summed E-state index contributed by atoms with van der Waals surface area (Å²) in [6.07, 6.45) is 1.97. The number of aliphatic hydroxyl groups is 1. The van der Waals surface area contributed by atoms with Crippen LogP contribution < -0.4 is 0 Å². The highest BCUT2D eigenvalue weighted by molar-refractivity contribution is 5.19. The molecule has 2 aromatic rings. The van der Waals surface area contributed by atoms with Crippen LogP contribution in [0.5, 0.6) is 0 Å². The third-order valence-corrected chi connectivity index (χ3v) is 3.54. The molecular formula is C18H22O2. The Kier molecular flexibility index (Phi) is 5.78. The van der Waals surface area contributed by atoms with E-state index < -0.39 is 6.10 Å². The van der Waals surface area contributed by atoms with Crippen molar-refractivity contribution in [1.29, 1.82) is 0 Å². The molecule has 106 valence electrons. The van der Waals surface area contributed by atoms with Crippen LogP contribution >= 0.6 is 0 Å². The zero-order chi connectivity index (χ0) is 14.2. The van der Waals surface area contributed by atoms with E-state index in [2.05, 4.69) is 12.1 Å². The van der Waals surface area contributed by atoms with Gasteiger partial charge in [0.05, 0.1) is 6.10 Å². The fourth-order valence-corrected chi connectivity index (χ4v) is 2.47. The lowest BCUT2D eigenvalue weighted by molar-refractivity contribution is -0.0180. The van der Waals surface area contributed by atoms with E-state index in [0.717, 1.165) is 24.8 Å². The number of hydrogen-bond donors (Lipinski definition) is 1. The maximum Gasteiger partial charge on any atom is 0.108 e. The van der Waals surface area contributed by atoms with Crippen molar-refractivity contribution >= 4 is 0 Å². The zero-order valence-electron chi connectivity index (χ0n) is 11.9. The SMILES string of the molecule is COC(c1ccccc1)C(O)CCCc1ccccc1. The van der Waals surface area contributed by atoms with Crippen LogP contribution in [-0.2, 0) is 11.2 Å². The van der Waals surface area contributed by atoms with E-state index in [1.807, 2.05) is 48.5 Å². The third-order valence-electron chi connectivity index (χ3n) is 3.54. The quantitative estimate of drug-likeness (QED) is 0.830. The number of ether oxygens (including phenoxy) is 1. The van der Waals surface area contributed by atoms with Crippen LogP contribution in [0.3, 0.4) is 0 Å². The van der Waals surface area contributed by atoms with Crippen LogP contribution in [-0.4, -0.2) is 18.3 Å². The highest BCUT2D eigenvalue weighted by Crippen LogP contribution is 2.23. The van der Waals surface area contributed by atoms with Gasteiger partial charge in [-0.1, -0.05) is 60.7 Å². The lowest BCUT2D eigenvalue weighted by atomic mass is 9.98. The smallest absolute Gasteiger partial charge is 0.108 e. The van der Waals surface area contributed by atoms with Crippen molar-refractivity contribution in [2.75, 3.05) is 7.11 Å². The minimum absolute atomic E-state index is 0.244. The lowest BCUT2D eigenvalue weighted by Crippen LogP contribution is -2.20. The van der Waals surface area contributed by atoms with Gasteiger partial charge < -0.3 is 9.84 Å². The van der Waals surface area contributed by atoms with Crippen LogP contribution in [0.15, 0.2) is 60.7 Å². The summed E-state index contributed by atoms with van der Waals surface area (Å²) in [6, 6.07) is 20.3. The first kappa shape index (κ1) is 14.8. The van der Waals surface area contributed by atoms with Crippen molar-refractivity contribution in [1.82, 2.24) is 0 Å². The molecule has 0 bridgehead atoms.